The van der Waals surface area contributed by atoms with Crippen LogP contribution < -0.4 is 10.2 Å². The zero-order chi connectivity index (χ0) is 21.3. The maximum Gasteiger partial charge on any atom is 0.341 e. The summed E-state index contributed by atoms with van der Waals surface area (Å²) in [6.07, 6.45) is 4.24. The van der Waals surface area contributed by atoms with Crippen LogP contribution in [0.3, 0.4) is 0 Å². The Labute approximate surface area is 192 Å². The Bertz CT molecular complexity index is 968. The molecule has 0 spiro atoms. The van der Waals surface area contributed by atoms with Crippen LogP contribution in [0.15, 0.2) is 18.2 Å². The molecule has 4 rings (SSSR count). The van der Waals surface area contributed by atoms with Gasteiger partial charge in [-0.2, -0.15) is 0 Å². The Morgan fingerprint density at radius 2 is 1.93 bits per heavy atom. The summed E-state index contributed by atoms with van der Waals surface area (Å²) in [6, 6.07) is 6.01. The lowest BCUT2D eigenvalue weighted by molar-refractivity contribution is 0.0601. The predicted molar refractivity (Wildman–Crippen MR) is 128 cm³/mol. The summed E-state index contributed by atoms with van der Waals surface area (Å²) in [4.78, 5) is 18.3. The number of piperazine rings is 1. The third kappa shape index (κ3) is 4.29. The van der Waals surface area contributed by atoms with Gasteiger partial charge < -0.3 is 19.9 Å². The number of methoxy groups -OCH3 is 1. The average molecular weight is 464 g/mol. The molecule has 1 aromatic heterocycles. The fraction of sp³-hybridized carbons (Fsp3) is 0.455. The van der Waals surface area contributed by atoms with Gasteiger partial charge in [0.05, 0.1) is 12.7 Å². The molecular formula is C22H26ClN3O2S2. The Morgan fingerprint density at radius 3 is 2.67 bits per heavy atom. The number of halogens is 1. The largest absolute Gasteiger partial charge is 0.465 e. The van der Waals surface area contributed by atoms with Gasteiger partial charge in [0.2, 0.25) is 0 Å². The summed E-state index contributed by atoms with van der Waals surface area (Å²) in [6.45, 7) is 5.48. The molecule has 0 radical (unpaired) electrons. The fourth-order valence-electron chi connectivity index (χ4n) is 4.22. The van der Waals surface area contributed by atoms with E-state index in [1.54, 1.807) is 11.3 Å². The van der Waals surface area contributed by atoms with Crippen molar-refractivity contribution in [1.82, 2.24) is 4.90 Å². The molecule has 1 N–H and O–H groups in total. The molecule has 0 atom stereocenters. The summed E-state index contributed by atoms with van der Waals surface area (Å²) in [5, 5.41) is 5.61. The van der Waals surface area contributed by atoms with Crippen LogP contribution in [0.1, 0.15) is 39.2 Å². The lowest BCUT2D eigenvalue weighted by atomic mass is 9.95. The van der Waals surface area contributed by atoms with Gasteiger partial charge in [-0.05, 0) is 68.1 Å². The van der Waals surface area contributed by atoms with Gasteiger partial charge >= 0.3 is 5.97 Å². The molecule has 2 aromatic rings. The Kier molecular flexibility index (Phi) is 6.51. The van der Waals surface area contributed by atoms with Gasteiger partial charge in [0.25, 0.3) is 0 Å². The maximum absolute atomic E-state index is 12.5. The van der Waals surface area contributed by atoms with Crippen LogP contribution in [0.2, 0.25) is 5.02 Å². The van der Waals surface area contributed by atoms with Crippen molar-refractivity contribution >= 4 is 56.9 Å². The molecule has 1 saturated heterocycles. The second-order valence-corrected chi connectivity index (χ2v) is 9.67. The van der Waals surface area contributed by atoms with Crippen molar-refractivity contribution in [3.63, 3.8) is 0 Å². The zero-order valence-corrected chi connectivity index (χ0v) is 19.7. The fourth-order valence-corrected chi connectivity index (χ4v) is 6.01. The third-order valence-electron chi connectivity index (χ3n) is 5.86. The number of anilines is 2. The molecule has 160 valence electrons. The van der Waals surface area contributed by atoms with E-state index in [1.165, 1.54) is 29.7 Å². The SMILES string of the molecule is COC(=O)c1c(NC(=S)N2CCN(c3cc(Cl)ccc3C)CC2)sc2c1CCCC2. The van der Waals surface area contributed by atoms with Crippen molar-refractivity contribution < 1.29 is 9.53 Å². The standard InChI is InChI=1S/C22H26ClN3O2S2/c1-14-7-8-15(23)13-17(14)25-9-11-26(12-10-25)22(29)24-20-19(21(27)28-2)16-5-3-4-6-18(16)30-20/h7-8,13H,3-6,9-12H2,1-2H3,(H,24,29). The number of esters is 1. The minimum absolute atomic E-state index is 0.277. The van der Waals surface area contributed by atoms with E-state index in [9.17, 15) is 4.79 Å². The number of ether oxygens (including phenoxy) is 1. The van der Waals surface area contributed by atoms with Crippen LogP contribution in [0.25, 0.3) is 0 Å². The maximum atomic E-state index is 12.5. The molecular weight excluding hydrogens is 438 g/mol. The van der Waals surface area contributed by atoms with Crippen molar-refractivity contribution in [2.24, 2.45) is 0 Å². The van der Waals surface area contributed by atoms with E-state index >= 15 is 0 Å². The number of fused-ring (bicyclic) bond motifs is 1. The molecule has 0 amide bonds. The van der Waals surface area contributed by atoms with Gasteiger partial charge in [-0.1, -0.05) is 17.7 Å². The molecule has 1 aliphatic carbocycles. The number of thiocarbonyl (C=S) groups is 1. The molecule has 2 heterocycles. The Balaban J connectivity index is 1.45. The second kappa shape index (κ2) is 9.12. The lowest BCUT2D eigenvalue weighted by Crippen LogP contribution is -2.50. The highest BCUT2D eigenvalue weighted by Gasteiger charge is 2.28. The normalized spacial score (nSPS) is 16.2. The summed E-state index contributed by atoms with van der Waals surface area (Å²) in [7, 11) is 1.44. The molecule has 2 aliphatic rings. The van der Waals surface area contributed by atoms with Gasteiger partial charge in [-0.15, -0.1) is 11.3 Å². The van der Waals surface area contributed by atoms with Crippen molar-refractivity contribution in [3.05, 3.63) is 44.8 Å². The van der Waals surface area contributed by atoms with Crippen molar-refractivity contribution in [2.45, 2.75) is 32.6 Å². The zero-order valence-electron chi connectivity index (χ0n) is 17.3. The average Bonchev–Trinajstić information content (AvgIpc) is 3.12. The number of nitrogens with zero attached hydrogens (tertiary/aromatic N) is 2. The monoisotopic (exact) mass is 463 g/mol. The van der Waals surface area contributed by atoms with Crippen molar-refractivity contribution in [2.75, 3.05) is 43.5 Å². The van der Waals surface area contributed by atoms with Crippen LogP contribution in [0.5, 0.6) is 0 Å². The minimum Gasteiger partial charge on any atom is -0.465 e. The minimum atomic E-state index is -0.277. The number of benzene rings is 1. The number of hydrogen-bond donors (Lipinski definition) is 1. The van der Waals surface area contributed by atoms with Gasteiger partial charge in [0.15, 0.2) is 5.11 Å². The molecule has 30 heavy (non-hydrogen) atoms. The van der Waals surface area contributed by atoms with E-state index < -0.39 is 0 Å². The Hall–Kier alpha value is -1.83. The quantitative estimate of drug-likeness (QED) is 0.516. The lowest BCUT2D eigenvalue weighted by Gasteiger charge is -2.38. The van der Waals surface area contributed by atoms with E-state index in [0.717, 1.165) is 61.0 Å². The molecule has 1 aromatic carbocycles. The van der Waals surface area contributed by atoms with Gasteiger partial charge in [-0.25, -0.2) is 4.79 Å². The topological polar surface area (TPSA) is 44.8 Å². The van der Waals surface area contributed by atoms with E-state index in [0.29, 0.717) is 10.7 Å². The van der Waals surface area contributed by atoms with Crippen molar-refractivity contribution in [1.29, 1.82) is 0 Å². The molecule has 5 nitrogen and oxygen atoms in total. The number of nitrogens with one attached hydrogen (secondary N) is 1. The van der Waals surface area contributed by atoms with Crippen molar-refractivity contribution in [3.8, 4) is 0 Å². The summed E-state index contributed by atoms with van der Waals surface area (Å²) in [5.41, 5.74) is 4.22. The first-order valence-corrected chi connectivity index (χ1v) is 11.9. The first kappa shape index (κ1) is 21.4. The highest BCUT2D eigenvalue weighted by Crippen LogP contribution is 2.38. The van der Waals surface area contributed by atoms with Gasteiger partial charge in [0, 0.05) is 41.8 Å². The summed E-state index contributed by atoms with van der Waals surface area (Å²) in [5.74, 6) is -0.277. The highest BCUT2D eigenvalue weighted by molar-refractivity contribution is 7.80. The molecule has 0 saturated carbocycles. The first-order chi connectivity index (χ1) is 14.5. The van der Waals surface area contributed by atoms with E-state index in [4.69, 9.17) is 28.6 Å². The number of thiophene rings is 1. The summed E-state index contributed by atoms with van der Waals surface area (Å²) < 4.78 is 5.07. The van der Waals surface area contributed by atoms with Gasteiger partial charge in [-0.3, -0.25) is 0 Å². The molecule has 0 bridgehead atoms. The molecule has 8 heteroatoms. The van der Waals surface area contributed by atoms with Crippen LogP contribution in [0, 0.1) is 6.92 Å². The highest BCUT2D eigenvalue weighted by atomic mass is 35.5. The number of aryl methyl sites for hydroxylation is 2. The van der Waals surface area contributed by atoms with Gasteiger partial charge in [0.1, 0.15) is 5.00 Å². The van der Waals surface area contributed by atoms with E-state index in [1.807, 2.05) is 12.1 Å². The van der Waals surface area contributed by atoms with Crippen LogP contribution in [0.4, 0.5) is 10.7 Å². The third-order valence-corrected chi connectivity index (χ3v) is 7.66. The van der Waals surface area contributed by atoms with E-state index in [-0.39, 0.29) is 5.97 Å². The molecule has 0 unspecified atom stereocenters. The smallest absolute Gasteiger partial charge is 0.341 e. The summed E-state index contributed by atoms with van der Waals surface area (Å²) >= 11 is 13.6. The van der Waals surface area contributed by atoms with Crippen LogP contribution in [-0.2, 0) is 17.6 Å². The predicted octanol–water partition coefficient (Wildman–Crippen LogP) is 4.89. The van der Waals surface area contributed by atoms with Crippen LogP contribution >= 0.6 is 35.2 Å². The second-order valence-electron chi connectivity index (χ2n) is 7.74. The Morgan fingerprint density at radius 1 is 1.20 bits per heavy atom. The molecule has 1 fully saturated rings. The number of rotatable bonds is 3. The molecule has 1 aliphatic heterocycles. The van der Waals surface area contributed by atoms with E-state index in [2.05, 4.69) is 28.1 Å². The number of carbonyl (C=O) groups excluding carboxylic acids is 1. The van der Waals surface area contributed by atoms with Crippen LogP contribution in [-0.4, -0.2) is 49.3 Å². The number of carbonyl (C=O) groups is 1. The number of hydrogen-bond acceptors (Lipinski definition) is 5. The first-order valence-electron chi connectivity index (χ1n) is 10.3.